The third kappa shape index (κ3) is 3.23. The SMILES string of the molecule is Cc1[nH]ncc1S(=O)(=O)NCC1CCSCC1. The van der Waals surface area contributed by atoms with Gasteiger partial charge in [0.1, 0.15) is 4.90 Å². The molecule has 0 radical (unpaired) electrons. The first kappa shape index (κ1) is 12.9. The van der Waals surface area contributed by atoms with Gasteiger partial charge in [-0.25, -0.2) is 13.1 Å². The summed E-state index contributed by atoms with van der Waals surface area (Å²) in [5, 5.41) is 6.38. The van der Waals surface area contributed by atoms with Crippen molar-refractivity contribution in [2.75, 3.05) is 18.1 Å². The van der Waals surface area contributed by atoms with E-state index in [2.05, 4.69) is 14.9 Å². The maximum Gasteiger partial charge on any atom is 0.243 e. The Balaban J connectivity index is 1.96. The maximum absolute atomic E-state index is 12.0. The first-order valence-electron chi connectivity index (χ1n) is 5.67. The number of thioether (sulfide) groups is 1. The molecule has 17 heavy (non-hydrogen) atoms. The molecule has 0 saturated carbocycles. The van der Waals surface area contributed by atoms with Gasteiger partial charge in [0.15, 0.2) is 0 Å². The third-order valence-electron chi connectivity index (χ3n) is 2.98. The number of hydrogen-bond donors (Lipinski definition) is 2. The molecule has 5 nitrogen and oxygen atoms in total. The molecule has 0 atom stereocenters. The van der Waals surface area contributed by atoms with Gasteiger partial charge in [-0.1, -0.05) is 0 Å². The van der Waals surface area contributed by atoms with Crippen molar-refractivity contribution in [3.63, 3.8) is 0 Å². The Hall–Kier alpha value is -0.530. The minimum Gasteiger partial charge on any atom is -0.281 e. The molecule has 1 fully saturated rings. The van der Waals surface area contributed by atoms with Crippen LogP contribution in [0, 0.1) is 12.8 Å². The van der Waals surface area contributed by atoms with E-state index in [1.54, 1.807) is 6.92 Å². The van der Waals surface area contributed by atoms with Crippen molar-refractivity contribution in [3.05, 3.63) is 11.9 Å². The van der Waals surface area contributed by atoms with Crippen molar-refractivity contribution in [1.29, 1.82) is 0 Å². The van der Waals surface area contributed by atoms with Crippen molar-refractivity contribution in [3.8, 4) is 0 Å². The van der Waals surface area contributed by atoms with Crippen LogP contribution < -0.4 is 4.72 Å². The number of nitrogens with one attached hydrogen (secondary N) is 2. The number of aromatic amines is 1. The predicted molar refractivity (Wildman–Crippen MR) is 68.6 cm³/mol. The molecule has 0 unspecified atom stereocenters. The highest BCUT2D eigenvalue weighted by atomic mass is 32.2. The molecule has 0 spiro atoms. The Morgan fingerprint density at radius 3 is 2.82 bits per heavy atom. The number of H-pyrrole nitrogens is 1. The number of aromatic nitrogens is 2. The van der Waals surface area contributed by atoms with Crippen molar-refractivity contribution < 1.29 is 8.42 Å². The molecule has 1 aromatic rings. The average Bonchev–Trinajstić information content (AvgIpc) is 2.75. The summed E-state index contributed by atoms with van der Waals surface area (Å²) in [4.78, 5) is 0.252. The van der Waals surface area contributed by atoms with E-state index in [1.807, 2.05) is 11.8 Å². The molecule has 1 aliphatic rings. The van der Waals surface area contributed by atoms with Crippen molar-refractivity contribution in [2.24, 2.45) is 5.92 Å². The Labute approximate surface area is 106 Å². The number of nitrogens with zero attached hydrogens (tertiary/aromatic N) is 1. The molecule has 0 aliphatic carbocycles. The van der Waals surface area contributed by atoms with Crippen LogP contribution in [-0.2, 0) is 10.0 Å². The first-order valence-corrected chi connectivity index (χ1v) is 8.31. The van der Waals surface area contributed by atoms with E-state index in [9.17, 15) is 8.42 Å². The van der Waals surface area contributed by atoms with Gasteiger partial charge in [0.05, 0.1) is 11.9 Å². The molecule has 2 N–H and O–H groups in total. The lowest BCUT2D eigenvalue weighted by Gasteiger charge is -2.21. The molecule has 1 aromatic heterocycles. The van der Waals surface area contributed by atoms with Crippen LogP contribution in [0.5, 0.6) is 0 Å². The fourth-order valence-corrected chi connectivity index (χ4v) is 4.32. The maximum atomic E-state index is 12.0. The molecule has 96 valence electrons. The highest BCUT2D eigenvalue weighted by molar-refractivity contribution is 7.99. The summed E-state index contributed by atoms with van der Waals surface area (Å²) in [6, 6.07) is 0. The molecule has 1 aliphatic heterocycles. The molecule has 7 heteroatoms. The summed E-state index contributed by atoms with van der Waals surface area (Å²) in [5.74, 6) is 2.74. The van der Waals surface area contributed by atoms with Gasteiger partial charge in [0.25, 0.3) is 0 Å². The second-order valence-electron chi connectivity index (χ2n) is 4.27. The van der Waals surface area contributed by atoms with Gasteiger partial charge in [-0.15, -0.1) is 0 Å². The molecule has 1 saturated heterocycles. The quantitative estimate of drug-likeness (QED) is 0.864. The van der Waals surface area contributed by atoms with E-state index in [-0.39, 0.29) is 4.90 Å². The fraction of sp³-hybridized carbons (Fsp3) is 0.700. The van der Waals surface area contributed by atoms with E-state index in [1.165, 1.54) is 6.20 Å². The Bertz CT molecular complexity index is 464. The van der Waals surface area contributed by atoms with Crippen LogP contribution in [0.4, 0.5) is 0 Å². The second-order valence-corrected chi connectivity index (χ2v) is 7.23. The number of sulfonamides is 1. The minimum absolute atomic E-state index is 0.252. The highest BCUT2D eigenvalue weighted by Gasteiger charge is 2.21. The monoisotopic (exact) mass is 275 g/mol. The zero-order valence-electron chi connectivity index (χ0n) is 9.77. The summed E-state index contributed by atoms with van der Waals surface area (Å²) in [7, 11) is -3.40. The van der Waals surface area contributed by atoms with E-state index in [0.717, 1.165) is 24.3 Å². The van der Waals surface area contributed by atoms with Gasteiger partial charge in [-0.05, 0) is 37.2 Å². The molecular formula is C10H17N3O2S2. The molecule has 0 bridgehead atoms. The second kappa shape index (κ2) is 5.41. The molecular weight excluding hydrogens is 258 g/mol. The van der Waals surface area contributed by atoms with Crippen LogP contribution in [0.15, 0.2) is 11.1 Å². The minimum atomic E-state index is -3.40. The Morgan fingerprint density at radius 1 is 1.53 bits per heavy atom. The van der Waals surface area contributed by atoms with Gasteiger partial charge in [0.2, 0.25) is 10.0 Å². The normalized spacial score (nSPS) is 18.4. The summed E-state index contributed by atoms with van der Waals surface area (Å²) < 4.78 is 26.6. The zero-order chi connectivity index (χ0) is 12.3. The average molecular weight is 275 g/mol. The first-order chi connectivity index (χ1) is 8.09. The summed E-state index contributed by atoms with van der Waals surface area (Å²) in [5.41, 5.74) is 0.580. The standard InChI is InChI=1S/C10H17N3O2S2/c1-8-10(7-11-13-8)17(14,15)12-6-9-2-4-16-5-3-9/h7,9,12H,2-6H2,1H3,(H,11,13). The number of hydrogen-bond acceptors (Lipinski definition) is 4. The fourth-order valence-electron chi connectivity index (χ4n) is 1.87. The van der Waals surface area contributed by atoms with Gasteiger partial charge < -0.3 is 0 Å². The Morgan fingerprint density at radius 2 is 2.24 bits per heavy atom. The van der Waals surface area contributed by atoms with Gasteiger partial charge in [-0.3, -0.25) is 5.10 Å². The number of aryl methyl sites for hydroxylation is 1. The lowest BCUT2D eigenvalue weighted by molar-refractivity contribution is 0.476. The van der Waals surface area contributed by atoms with E-state index < -0.39 is 10.0 Å². The predicted octanol–water partition coefficient (Wildman–Crippen LogP) is 1.14. The van der Waals surface area contributed by atoms with E-state index in [0.29, 0.717) is 18.2 Å². The third-order valence-corrected chi connectivity index (χ3v) is 5.56. The molecule has 0 aromatic carbocycles. The van der Waals surface area contributed by atoms with Gasteiger partial charge >= 0.3 is 0 Å². The van der Waals surface area contributed by atoms with E-state index in [4.69, 9.17) is 0 Å². The van der Waals surface area contributed by atoms with Crippen LogP contribution in [0.3, 0.4) is 0 Å². The summed E-state index contributed by atoms with van der Waals surface area (Å²) in [6.07, 6.45) is 3.55. The van der Waals surface area contributed by atoms with Crippen molar-refractivity contribution >= 4 is 21.8 Å². The van der Waals surface area contributed by atoms with Crippen LogP contribution in [0.2, 0.25) is 0 Å². The smallest absolute Gasteiger partial charge is 0.243 e. The van der Waals surface area contributed by atoms with Crippen LogP contribution in [0.25, 0.3) is 0 Å². The van der Waals surface area contributed by atoms with Crippen LogP contribution >= 0.6 is 11.8 Å². The summed E-state index contributed by atoms with van der Waals surface area (Å²) in [6.45, 7) is 2.24. The van der Waals surface area contributed by atoms with Crippen molar-refractivity contribution in [2.45, 2.75) is 24.7 Å². The highest BCUT2D eigenvalue weighted by Crippen LogP contribution is 2.22. The molecule has 2 rings (SSSR count). The van der Waals surface area contributed by atoms with Gasteiger partial charge in [-0.2, -0.15) is 16.9 Å². The van der Waals surface area contributed by atoms with E-state index >= 15 is 0 Å². The number of rotatable bonds is 4. The van der Waals surface area contributed by atoms with Crippen LogP contribution in [0.1, 0.15) is 18.5 Å². The van der Waals surface area contributed by atoms with Gasteiger partial charge in [0, 0.05) is 6.54 Å². The van der Waals surface area contributed by atoms with Crippen molar-refractivity contribution in [1.82, 2.24) is 14.9 Å². The zero-order valence-corrected chi connectivity index (χ0v) is 11.4. The van der Waals surface area contributed by atoms with Crippen LogP contribution in [-0.4, -0.2) is 36.7 Å². The lowest BCUT2D eigenvalue weighted by Crippen LogP contribution is -2.31. The molecule has 0 amide bonds. The lowest BCUT2D eigenvalue weighted by atomic mass is 10.0. The topological polar surface area (TPSA) is 74.8 Å². The summed E-state index contributed by atoms with van der Waals surface area (Å²) >= 11 is 1.94. The largest absolute Gasteiger partial charge is 0.281 e. The molecule has 2 heterocycles. The Kier molecular flexibility index (Phi) is 4.11.